The Morgan fingerprint density at radius 2 is 2.10 bits per heavy atom. The van der Waals surface area contributed by atoms with Gasteiger partial charge in [-0.25, -0.2) is 4.79 Å². The summed E-state index contributed by atoms with van der Waals surface area (Å²) in [6.45, 7) is 1.97. The molecule has 1 aliphatic rings. The molecule has 1 saturated carbocycles. The highest BCUT2D eigenvalue weighted by Crippen LogP contribution is 2.25. The van der Waals surface area contributed by atoms with E-state index >= 15 is 0 Å². The van der Waals surface area contributed by atoms with Gasteiger partial charge >= 0.3 is 12.0 Å². The van der Waals surface area contributed by atoms with Crippen LogP contribution in [0.2, 0.25) is 0 Å². The molecule has 1 fully saturated rings. The third kappa shape index (κ3) is 4.46. The molecular weight excluding hydrogens is 336 g/mol. The molecule has 2 rings (SSSR count). The number of carboxylic acids is 1. The van der Waals surface area contributed by atoms with Crippen LogP contribution >= 0.6 is 15.9 Å². The van der Waals surface area contributed by atoms with Gasteiger partial charge in [-0.2, -0.15) is 0 Å². The van der Waals surface area contributed by atoms with Crippen molar-refractivity contribution in [1.82, 2.24) is 5.32 Å². The molecule has 114 valence electrons. The maximum absolute atomic E-state index is 12.0. The van der Waals surface area contributed by atoms with Crippen molar-refractivity contribution in [2.24, 2.45) is 5.92 Å². The number of halogens is 1. The van der Waals surface area contributed by atoms with Crippen LogP contribution in [-0.2, 0) is 4.79 Å². The molecule has 0 aliphatic heterocycles. The smallest absolute Gasteiger partial charge is 0.319 e. The van der Waals surface area contributed by atoms with Gasteiger partial charge in [-0.3, -0.25) is 4.79 Å². The van der Waals surface area contributed by atoms with E-state index in [2.05, 4.69) is 26.6 Å². The molecule has 0 spiro atoms. The highest BCUT2D eigenvalue weighted by molar-refractivity contribution is 9.10. The first-order chi connectivity index (χ1) is 9.95. The number of urea groups is 1. The zero-order valence-electron chi connectivity index (χ0n) is 11.9. The van der Waals surface area contributed by atoms with Crippen LogP contribution in [0.1, 0.15) is 31.2 Å². The van der Waals surface area contributed by atoms with Crippen LogP contribution in [0, 0.1) is 12.8 Å². The maximum Gasteiger partial charge on any atom is 0.319 e. The maximum atomic E-state index is 12.0. The third-order valence-electron chi connectivity index (χ3n) is 3.73. The Bertz CT molecular complexity index is 548. The Balaban J connectivity index is 1.91. The van der Waals surface area contributed by atoms with Crippen LogP contribution in [-0.4, -0.2) is 23.1 Å². The summed E-state index contributed by atoms with van der Waals surface area (Å²) >= 11 is 3.41. The van der Waals surface area contributed by atoms with E-state index in [9.17, 15) is 9.59 Å². The van der Waals surface area contributed by atoms with Gasteiger partial charge in [-0.15, -0.1) is 0 Å². The van der Waals surface area contributed by atoms with E-state index in [0.717, 1.165) is 22.9 Å². The number of aryl methyl sites for hydroxylation is 1. The van der Waals surface area contributed by atoms with Gasteiger partial charge in [0.15, 0.2) is 0 Å². The molecule has 0 radical (unpaired) electrons. The second-order valence-electron chi connectivity index (χ2n) is 5.48. The number of rotatable bonds is 3. The second kappa shape index (κ2) is 6.93. The van der Waals surface area contributed by atoms with Gasteiger partial charge in [-0.1, -0.05) is 12.5 Å². The predicted molar refractivity (Wildman–Crippen MR) is 84.4 cm³/mol. The van der Waals surface area contributed by atoms with E-state index in [4.69, 9.17) is 5.11 Å². The van der Waals surface area contributed by atoms with Crippen molar-refractivity contribution in [2.75, 3.05) is 5.32 Å². The van der Waals surface area contributed by atoms with Gasteiger partial charge in [0.2, 0.25) is 0 Å². The Labute approximate surface area is 132 Å². The summed E-state index contributed by atoms with van der Waals surface area (Å²) in [6, 6.07) is 5.30. The minimum absolute atomic E-state index is 0.0796. The first-order valence-electron chi connectivity index (χ1n) is 7.02. The highest BCUT2D eigenvalue weighted by Gasteiger charge is 2.27. The average Bonchev–Trinajstić information content (AvgIpc) is 2.42. The van der Waals surface area contributed by atoms with Gasteiger partial charge in [0, 0.05) is 10.5 Å². The Hall–Kier alpha value is -1.56. The number of amides is 2. The second-order valence-corrected chi connectivity index (χ2v) is 6.33. The van der Waals surface area contributed by atoms with E-state index < -0.39 is 5.97 Å². The predicted octanol–water partition coefficient (Wildman–Crippen LogP) is 3.52. The van der Waals surface area contributed by atoms with E-state index in [0.29, 0.717) is 18.5 Å². The first kappa shape index (κ1) is 15.8. The van der Waals surface area contributed by atoms with E-state index in [1.807, 2.05) is 25.1 Å². The lowest BCUT2D eigenvalue weighted by Gasteiger charge is -2.27. The molecule has 21 heavy (non-hydrogen) atoms. The normalized spacial score (nSPS) is 21.6. The number of carboxylic acid groups (broad SMARTS) is 1. The van der Waals surface area contributed by atoms with Gasteiger partial charge in [0.1, 0.15) is 0 Å². The quantitative estimate of drug-likeness (QED) is 0.776. The molecule has 0 saturated heterocycles. The van der Waals surface area contributed by atoms with E-state index in [-0.39, 0.29) is 18.0 Å². The Kier molecular flexibility index (Phi) is 5.22. The van der Waals surface area contributed by atoms with Gasteiger partial charge in [0.05, 0.1) is 11.6 Å². The minimum atomic E-state index is -0.775. The number of hydrogen-bond donors (Lipinski definition) is 3. The van der Waals surface area contributed by atoms with Crippen molar-refractivity contribution in [3.63, 3.8) is 0 Å². The lowest BCUT2D eigenvalue weighted by Crippen LogP contribution is -2.42. The van der Waals surface area contributed by atoms with Crippen molar-refractivity contribution < 1.29 is 14.7 Å². The molecule has 0 bridgehead atoms. The molecule has 5 nitrogen and oxygen atoms in total. The number of nitrogens with one attached hydrogen (secondary N) is 2. The molecule has 1 aliphatic carbocycles. The SMILES string of the molecule is Cc1ccc(NC(=O)NC2CCCC(C(=O)O)C2)c(Br)c1. The summed E-state index contributed by atoms with van der Waals surface area (Å²) in [4.78, 5) is 23.0. The monoisotopic (exact) mass is 354 g/mol. The summed E-state index contributed by atoms with van der Waals surface area (Å²) in [6.07, 6.45) is 2.85. The number of hydrogen-bond acceptors (Lipinski definition) is 2. The summed E-state index contributed by atoms with van der Waals surface area (Å²) in [5.41, 5.74) is 1.80. The van der Waals surface area contributed by atoms with Crippen LogP contribution in [0.15, 0.2) is 22.7 Å². The van der Waals surface area contributed by atoms with Crippen molar-refractivity contribution in [3.8, 4) is 0 Å². The third-order valence-corrected chi connectivity index (χ3v) is 4.39. The number of benzene rings is 1. The molecule has 3 N–H and O–H groups in total. The lowest BCUT2D eigenvalue weighted by atomic mass is 9.86. The van der Waals surface area contributed by atoms with Crippen LogP contribution in [0.25, 0.3) is 0 Å². The summed E-state index contributed by atoms with van der Waals surface area (Å²) < 4.78 is 0.824. The summed E-state index contributed by atoms with van der Waals surface area (Å²) in [5.74, 6) is -1.13. The molecule has 2 unspecified atom stereocenters. The Morgan fingerprint density at radius 1 is 1.33 bits per heavy atom. The fourth-order valence-electron chi connectivity index (χ4n) is 2.61. The fraction of sp³-hybridized carbons (Fsp3) is 0.467. The molecule has 0 heterocycles. The van der Waals surface area contributed by atoms with Crippen molar-refractivity contribution in [2.45, 2.75) is 38.6 Å². The van der Waals surface area contributed by atoms with Crippen LogP contribution in [0.5, 0.6) is 0 Å². The van der Waals surface area contributed by atoms with Crippen molar-refractivity contribution in [3.05, 3.63) is 28.2 Å². The van der Waals surface area contributed by atoms with Crippen LogP contribution in [0.4, 0.5) is 10.5 Å². The topological polar surface area (TPSA) is 78.4 Å². The highest BCUT2D eigenvalue weighted by atomic mass is 79.9. The standard InChI is InChI=1S/C15H19BrN2O3/c1-9-5-6-13(12(16)7-9)18-15(21)17-11-4-2-3-10(8-11)14(19)20/h5-7,10-11H,2-4,8H2,1H3,(H,19,20)(H2,17,18,21). The molecule has 1 aromatic rings. The van der Waals surface area contributed by atoms with Crippen LogP contribution in [0.3, 0.4) is 0 Å². The Morgan fingerprint density at radius 3 is 2.76 bits per heavy atom. The number of carbonyl (C=O) groups excluding carboxylic acids is 1. The van der Waals surface area contributed by atoms with Gasteiger partial charge < -0.3 is 15.7 Å². The lowest BCUT2D eigenvalue weighted by molar-refractivity contribution is -0.143. The fourth-order valence-corrected chi connectivity index (χ4v) is 3.20. The van der Waals surface area contributed by atoms with Gasteiger partial charge in [-0.05, 0) is 59.8 Å². The zero-order chi connectivity index (χ0) is 15.4. The van der Waals surface area contributed by atoms with E-state index in [1.165, 1.54) is 0 Å². The van der Waals surface area contributed by atoms with Crippen LogP contribution < -0.4 is 10.6 Å². The van der Waals surface area contributed by atoms with E-state index in [1.54, 1.807) is 0 Å². The zero-order valence-corrected chi connectivity index (χ0v) is 13.4. The van der Waals surface area contributed by atoms with Gasteiger partial charge in [0.25, 0.3) is 0 Å². The number of anilines is 1. The first-order valence-corrected chi connectivity index (χ1v) is 7.81. The molecule has 6 heteroatoms. The molecule has 2 amide bonds. The molecule has 1 aromatic carbocycles. The summed E-state index contributed by atoms with van der Waals surface area (Å²) in [7, 11) is 0. The summed E-state index contributed by atoms with van der Waals surface area (Å²) in [5, 5.41) is 14.7. The molecule has 0 aromatic heterocycles. The largest absolute Gasteiger partial charge is 0.481 e. The van der Waals surface area contributed by atoms with Crippen molar-refractivity contribution >= 4 is 33.6 Å². The number of carbonyl (C=O) groups is 2. The average molecular weight is 355 g/mol. The minimum Gasteiger partial charge on any atom is -0.481 e. The molecular formula is C15H19BrN2O3. The molecule has 2 atom stereocenters. The number of aliphatic carboxylic acids is 1. The van der Waals surface area contributed by atoms with Crippen molar-refractivity contribution in [1.29, 1.82) is 0 Å².